The van der Waals surface area contributed by atoms with Crippen LogP contribution in [0.5, 0.6) is 0 Å². The Hall–Kier alpha value is -0.710. The maximum atomic E-state index is 12.3. The minimum Gasteiger partial charge on any atom is -0.478 e. The molecule has 1 aromatic rings. The molecular weight excluding hydrogens is 409 g/mol. The van der Waals surface area contributed by atoms with E-state index >= 15 is 0 Å². The Morgan fingerprint density at radius 1 is 1.33 bits per heavy atom. The molecular formula is C13H16INO5S. The van der Waals surface area contributed by atoms with E-state index < -0.39 is 22.1 Å². The number of carboxylic acid groups (broad SMARTS) is 1. The van der Waals surface area contributed by atoms with E-state index in [9.17, 15) is 18.3 Å². The van der Waals surface area contributed by atoms with Crippen LogP contribution in [-0.4, -0.2) is 36.7 Å². The van der Waals surface area contributed by atoms with E-state index in [-0.39, 0.29) is 16.5 Å². The van der Waals surface area contributed by atoms with Gasteiger partial charge in [-0.05, 0) is 66.5 Å². The Morgan fingerprint density at radius 3 is 2.67 bits per heavy atom. The Morgan fingerprint density at radius 2 is 2.05 bits per heavy atom. The Kier molecular flexibility index (Phi) is 5.23. The standard InChI is InChI=1S/C13H16INO5S/c14-12-5-4-10(7-11(12)13(17)18)21(19,20)15-8-2-1-3-9(16)6-8/h4-5,7-9,15-16H,1-3,6H2,(H,17,18). The van der Waals surface area contributed by atoms with Crippen LogP contribution >= 0.6 is 22.6 Å². The van der Waals surface area contributed by atoms with Gasteiger partial charge in [0.25, 0.3) is 0 Å². The molecule has 2 rings (SSSR count). The van der Waals surface area contributed by atoms with Gasteiger partial charge in [-0.2, -0.15) is 0 Å². The minimum atomic E-state index is -3.78. The van der Waals surface area contributed by atoms with E-state index in [1.165, 1.54) is 12.1 Å². The second-order valence-corrected chi connectivity index (χ2v) is 7.96. The van der Waals surface area contributed by atoms with Crippen molar-refractivity contribution in [1.29, 1.82) is 0 Å². The summed E-state index contributed by atoms with van der Waals surface area (Å²) in [6.07, 6.45) is 2.02. The van der Waals surface area contributed by atoms with Gasteiger partial charge < -0.3 is 10.2 Å². The molecule has 0 aliphatic heterocycles. The molecule has 0 radical (unpaired) electrons. The number of benzene rings is 1. The summed E-state index contributed by atoms with van der Waals surface area (Å²) in [6.45, 7) is 0. The lowest BCUT2D eigenvalue weighted by atomic mass is 9.94. The average molecular weight is 425 g/mol. The molecule has 0 bridgehead atoms. The minimum absolute atomic E-state index is 0.0397. The molecule has 0 spiro atoms. The Balaban J connectivity index is 2.23. The van der Waals surface area contributed by atoms with Gasteiger partial charge in [-0.15, -0.1) is 0 Å². The number of carboxylic acids is 1. The second kappa shape index (κ2) is 6.59. The molecule has 1 saturated carbocycles. The predicted octanol–water partition coefficient (Wildman–Crippen LogP) is 1.57. The van der Waals surface area contributed by atoms with Gasteiger partial charge >= 0.3 is 5.97 Å². The van der Waals surface area contributed by atoms with E-state index in [4.69, 9.17) is 5.11 Å². The molecule has 2 atom stereocenters. The van der Waals surface area contributed by atoms with Crippen LogP contribution in [-0.2, 0) is 10.0 Å². The summed E-state index contributed by atoms with van der Waals surface area (Å²) in [6, 6.07) is 3.70. The van der Waals surface area contributed by atoms with Crippen molar-refractivity contribution in [3.63, 3.8) is 0 Å². The highest BCUT2D eigenvalue weighted by Gasteiger charge is 2.26. The summed E-state index contributed by atoms with van der Waals surface area (Å²) in [4.78, 5) is 11.0. The molecule has 0 saturated heterocycles. The molecule has 6 nitrogen and oxygen atoms in total. The van der Waals surface area contributed by atoms with E-state index in [1.807, 2.05) is 22.6 Å². The summed E-state index contributed by atoms with van der Waals surface area (Å²) >= 11 is 1.85. The summed E-state index contributed by atoms with van der Waals surface area (Å²) in [7, 11) is -3.78. The smallest absolute Gasteiger partial charge is 0.336 e. The fourth-order valence-corrected chi connectivity index (χ4v) is 4.27. The SMILES string of the molecule is O=C(O)c1cc(S(=O)(=O)NC2CCCC(O)C2)ccc1I. The lowest BCUT2D eigenvalue weighted by Gasteiger charge is -2.26. The number of nitrogens with one attached hydrogen (secondary N) is 1. The fraction of sp³-hybridized carbons (Fsp3) is 0.462. The van der Waals surface area contributed by atoms with Gasteiger partial charge in [-0.25, -0.2) is 17.9 Å². The summed E-state index contributed by atoms with van der Waals surface area (Å²) in [5, 5.41) is 18.6. The zero-order valence-electron chi connectivity index (χ0n) is 11.1. The number of sulfonamides is 1. The predicted molar refractivity (Wildman–Crippen MR) is 84.7 cm³/mol. The first-order valence-corrected chi connectivity index (χ1v) is 9.09. The molecule has 0 amide bonds. The van der Waals surface area contributed by atoms with Crippen LogP contribution in [0.2, 0.25) is 0 Å². The highest BCUT2D eigenvalue weighted by Crippen LogP contribution is 2.22. The van der Waals surface area contributed by atoms with Gasteiger partial charge in [-0.3, -0.25) is 0 Å². The van der Waals surface area contributed by atoms with E-state index in [0.717, 1.165) is 12.5 Å². The second-order valence-electron chi connectivity index (χ2n) is 5.09. The Labute approximate surface area is 136 Å². The molecule has 1 aliphatic rings. The number of rotatable bonds is 4. The molecule has 2 unspecified atom stereocenters. The van der Waals surface area contributed by atoms with Crippen LogP contribution < -0.4 is 4.72 Å². The van der Waals surface area contributed by atoms with Gasteiger partial charge in [0.1, 0.15) is 0 Å². The lowest BCUT2D eigenvalue weighted by Crippen LogP contribution is -2.39. The van der Waals surface area contributed by atoms with Crippen LogP contribution in [0.1, 0.15) is 36.0 Å². The molecule has 1 aromatic carbocycles. The number of aromatic carboxylic acids is 1. The zero-order valence-corrected chi connectivity index (χ0v) is 14.1. The first kappa shape index (κ1) is 16.7. The summed E-state index contributed by atoms with van der Waals surface area (Å²) in [5.41, 5.74) is -0.0397. The monoisotopic (exact) mass is 425 g/mol. The van der Waals surface area contributed by atoms with Crippen LogP contribution in [0.25, 0.3) is 0 Å². The number of aliphatic hydroxyl groups excluding tert-OH is 1. The third kappa shape index (κ3) is 4.15. The first-order chi connectivity index (χ1) is 9.79. The number of hydrogen-bond acceptors (Lipinski definition) is 4. The van der Waals surface area contributed by atoms with E-state index in [2.05, 4.69) is 4.72 Å². The van der Waals surface area contributed by atoms with Crippen LogP contribution in [0.15, 0.2) is 23.1 Å². The van der Waals surface area contributed by atoms with Crippen LogP contribution in [0.3, 0.4) is 0 Å². The lowest BCUT2D eigenvalue weighted by molar-refractivity contribution is 0.0695. The third-order valence-corrected chi connectivity index (χ3v) is 5.91. The largest absolute Gasteiger partial charge is 0.478 e. The van der Waals surface area contributed by atoms with E-state index in [0.29, 0.717) is 22.8 Å². The van der Waals surface area contributed by atoms with Gasteiger partial charge in [0.15, 0.2) is 0 Å². The van der Waals surface area contributed by atoms with Crippen molar-refractivity contribution in [1.82, 2.24) is 4.72 Å². The van der Waals surface area contributed by atoms with Crippen molar-refractivity contribution in [3.05, 3.63) is 27.3 Å². The molecule has 0 aromatic heterocycles. The van der Waals surface area contributed by atoms with Crippen molar-refractivity contribution in [3.8, 4) is 0 Å². The molecule has 3 N–H and O–H groups in total. The number of halogens is 1. The number of aliphatic hydroxyl groups is 1. The molecule has 1 fully saturated rings. The van der Waals surface area contributed by atoms with Gasteiger partial charge in [0.05, 0.1) is 16.6 Å². The van der Waals surface area contributed by atoms with Gasteiger partial charge in [-0.1, -0.05) is 0 Å². The quantitative estimate of drug-likeness (QED) is 0.636. The van der Waals surface area contributed by atoms with Crippen molar-refractivity contribution < 1.29 is 23.4 Å². The molecule has 21 heavy (non-hydrogen) atoms. The molecule has 1 aliphatic carbocycles. The van der Waals surface area contributed by atoms with Crippen molar-refractivity contribution in [2.75, 3.05) is 0 Å². The maximum Gasteiger partial charge on any atom is 0.336 e. The van der Waals surface area contributed by atoms with Crippen molar-refractivity contribution in [2.24, 2.45) is 0 Å². The van der Waals surface area contributed by atoms with Crippen molar-refractivity contribution >= 4 is 38.6 Å². The number of hydrogen-bond donors (Lipinski definition) is 3. The van der Waals surface area contributed by atoms with E-state index in [1.54, 1.807) is 0 Å². The van der Waals surface area contributed by atoms with Gasteiger partial charge in [0, 0.05) is 9.61 Å². The van der Waals surface area contributed by atoms with Crippen LogP contribution in [0.4, 0.5) is 0 Å². The zero-order chi connectivity index (χ0) is 15.6. The fourth-order valence-electron chi connectivity index (χ4n) is 2.39. The topological polar surface area (TPSA) is 104 Å². The molecule has 0 heterocycles. The van der Waals surface area contributed by atoms with Crippen LogP contribution in [0, 0.1) is 3.57 Å². The first-order valence-electron chi connectivity index (χ1n) is 6.53. The summed E-state index contributed by atoms with van der Waals surface area (Å²) in [5.74, 6) is -1.16. The Bertz CT molecular complexity index is 646. The average Bonchev–Trinajstić information content (AvgIpc) is 2.38. The molecule has 8 heteroatoms. The normalized spacial score (nSPS) is 23.0. The third-order valence-electron chi connectivity index (χ3n) is 3.45. The maximum absolute atomic E-state index is 12.3. The van der Waals surface area contributed by atoms with Crippen molar-refractivity contribution in [2.45, 2.75) is 42.7 Å². The summed E-state index contributed by atoms with van der Waals surface area (Å²) < 4.78 is 27.6. The highest BCUT2D eigenvalue weighted by atomic mass is 127. The number of carbonyl (C=O) groups is 1. The van der Waals surface area contributed by atoms with Gasteiger partial charge in [0.2, 0.25) is 10.0 Å². The highest BCUT2D eigenvalue weighted by molar-refractivity contribution is 14.1. The molecule has 116 valence electrons.